The van der Waals surface area contributed by atoms with Crippen molar-refractivity contribution in [2.45, 2.75) is 32.9 Å². The fourth-order valence-electron chi connectivity index (χ4n) is 1.87. The number of benzene rings is 1. The predicted octanol–water partition coefficient (Wildman–Crippen LogP) is 2.92. The molecule has 6 heteroatoms. The molecule has 120 valence electrons. The Morgan fingerprint density at radius 1 is 1.23 bits per heavy atom. The van der Waals surface area contributed by atoms with Gasteiger partial charge in [0.2, 0.25) is 11.8 Å². The second-order valence-corrected chi connectivity index (χ2v) is 5.31. The van der Waals surface area contributed by atoms with E-state index in [1.807, 2.05) is 44.2 Å². The number of carbonyl (C=O) groups excluding carboxylic acids is 1. The van der Waals surface area contributed by atoms with Crippen LogP contribution < -0.4 is 11.1 Å². The molecule has 0 aliphatic heterocycles. The highest BCUT2D eigenvalue weighted by Crippen LogP contribution is 2.22. The van der Waals surface area contributed by atoms with E-state index in [1.165, 1.54) is 0 Å². The lowest BCUT2D eigenvalue weighted by atomic mass is 10.0. The van der Waals surface area contributed by atoms with E-state index >= 15 is 0 Å². The van der Waals surface area contributed by atoms with E-state index in [-0.39, 0.29) is 36.3 Å². The molecule has 0 saturated carbocycles. The Labute approximate surface area is 136 Å². The Kier molecular flexibility index (Phi) is 6.59. The number of amides is 1. The van der Waals surface area contributed by atoms with Gasteiger partial charge in [0.15, 0.2) is 5.76 Å². The van der Waals surface area contributed by atoms with Gasteiger partial charge in [0.25, 0.3) is 0 Å². The number of nitrogens with one attached hydrogen (secondary N) is 1. The van der Waals surface area contributed by atoms with Crippen LogP contribution in [0.1, 0.15) is 32.7 Å². The van der Waals surface area contributed by atoms with Gasteiger partial charge >= 0.3 is 0 Å². The number of hydrogen-bond donors (Lipinski definition) is 2. The number of oxazole rings is 1. The first-order valence-electron chi connectivity index (χ1n) is 7.06. The monoisotopic (exact) mass is 323 g/mol. The molecular weight excluding hydrogens is 302 g/mol. The molecule has 1 aromatic carbocycles. The third-order valence-electron chi connectivity index (χ3n) is 3.51. The summed E-state index contributed by atoms with van der Waals surface area (Å²) < 4.78 is 5.72. The van der Waals surface area contributed by atoms with Crippen LogP contribution in [0.2, 0.25) is 0 Å². The summed E-state index contributed by atoms with van der Waals surface area (Å²) in [7, 11) is 0. The second kappa shape index (κ2) is 7.96. The van der Waals surface area contributed by atoms with Crippen LogP contribution in [-0.4, -0.2) is 16.9 Å². The van der Waals surface area contributed by atoms with Crippen LogP contribution in [0.3, 0.4) is 0 Å². The maximum Gasteiger partial charge on any atom is 0.225 e. The number of hydrogen-bond acceptors (Lipinski definition) is 4. The molecule has 1 amide bonds. The van der Waals surface area contributed by atoms with Gasteiger partial charge in [-0.1, -0.05) is 37.3 Å². The summed E-state index contributed by atoms with van der Waals surface area (Å²) in [6.07, 6.45) is 1.67. The van der Waals surface area contributed by atoms with E-state index in [0.29, 0.717) is 11.7 Å². The summed E-state index contributed by atoms with van der Waals surface area (Å²) in [5.41, 5.74) is 6.69. The van der Waals surface area contributed by atoms with E-state index in [1.54, 1.807) is 13.1 Å². The molecule has 0 fully saturated rings. The standard InChI is InChI=1S/C16H21N3O2.ClH/c1-10(11(2)17)15(20)19-12(3)16-18-9-14(21-16)13-7-5-4-6-8-13;/h4-12H,17H2,1-3H3,(H,19,20);1H. The van der Waals surface area contributed by atoms with Crippen LogP contribution in [0.5, 0.6) is 0 Å². The zero-order valence-electron chi connectivity index (χ0n) is 12.9. The smallest absolute Gasteiger partial charge is 0.225 e. The van der Waals surface area contributed by atoms with Crippen LogP contribution in [0.15, 0.2) is 40.9 Å². The molecule has 3 unspecified atom stereocenters. The Morgan fingerprint density at radius 3 is 2.45 bits per heavy atom. The molecule has 3 atom stereocenters. The summed E-state index contributed by atoms with van der Waals surface area (Å²) in [5.74, 6) is 0.819. The average Bonchev–Trinajstić information content (AvgIpc) is 2.97. The normalized spacial score (nSPS) is 14.5. The molecule has 5 nitrogen and oxygen atoms in total. The van der Waals surface area contributed by atoms with Gasteiger partial charge in [-0.3, -0.25) is 4.79 Å². The van der Waals surface area contributed by atoms with E-state index in [9.17, 15) is 4.79 Å². The first-order chi connectivity index (χ1) is 9.99. The molecule has 2 aromatic rings. The zero-order valence-corrected chi connectivity index (χ0v) is 13.8. The molecule has 0 aliphatic rings. The van der Waals surface area contributed by atoms with Crippen molar-refractivity contribution >= 4 is 18.3 Å². The highest BCUT2D eigenvalue weighted by Gasteiger charge is 2.21. The Morgan fingerprint density at radius 2 is 1.86 bits per heavy atom. The topological polar surface area (TPSA) is 81.2 Å². The van der Waals surface area contributed by atoms with Crippen molar-refractivity contribution in [2.24, 2.45) is 11.7 Å². The van der Waals surface area contributed by atoms with Crippen LogP contribution in [-0.2, 0) is 4.79 Å². The molecule has 0 saturated heterocycles. The SMILES string of the molecule is CC(NC(=O)C(C)C(C)N)c1ncc(-c2ccccc2)o1.Cl. The highest BCUT2D eigenvalue weighted by atomic mass is 35.5. The Hall–Kier alpha value is -1.85. The number of halogens is 1. The number of rotatable bonds is 5. The van der Waals surface area contributed by atoms with E-state index in [2.05, 4.69) is 10.3 Å². The van der Waals surface area contributed by atoms with E-state index in [0.717, 1.165) is 5.56 Å². The quantitative estimate of drug-likeness (QED) is 0.886. The van der Waals surface area contributed by atoms with Gasteiger partial charge in [0.1, 0.15) is 6.04 Å². The lowest BCUT2D eigenvalue weighted by Gasteiger charge is -2.17. The summed E-state index contributed by atoms with van der Waals surface area (Å²) in [5, 5.41) is 2.87. The van der Waals surface area contributed by atoms with Gasteiger partial charge in [-0.05, 0) is 13.8 Å². The largest absolute Gasteiger partial charge is 0.438 e. The van der Waals surface area contributed by atoms with E-state index < -0.39 is 0 Å². The van der Waals surface area contributed by atoms with Gasteiger partial charge in [0.05, 0.1) is 6.20 Å². The molecule has 1 aromatic heterocycles. The molecule has 3 N–H and O–H groups in total. The second-order valence-electron chi connectivity index (χ2n) is 5.31. The van der Waals surface area contributed by atoms with Crippen molar-refractivity contribution in [3.05, 3.63) is 42.4 Å². The van der Waals surface area contributed by atoms with Crippen LogP contribution in [0.4, 0.5) is 0 Å². The van der Waals surface area contributed by atoms with Crippen molar-refractivity contribution in [1.82, 2.24) is 10.3 Å². The fourth-order valence-corrected chi connectivity index (χ4v) is 1.87. The third kappa shape index (κ3) is 4.32. The van der Waals surface area contributed by atoms with Gasteiger partial charge in [-0.2, -0.15) is 0 Å². The van der Waals surface area contributed by atoms with Crippen LogP contribution >= 0.6 is 12.4 Å². The Balaban J connectivity index is 0.00000242. The molecule has 1 heterocycles. The van der Waals surface area contributed by atoms with Crippen molar-refractivity contribution < 1.29 is 9.21 Å². The van der Waals surface area contributed by atoms with Gasteiger partial charge in [-0.15, -0.1) is 12.4 Å². The minimum Gasteiger partial charge on any atom is -0.438 e. The summed E-state index contributed by atoms with van der Waals surface area (Å²) >= 11 is 0. The molecule has 2 rings (SSSR count). The van der Waals surface area contributed by atoms with Gasteiger partial charge in [0, 0.05) is 17.5 Å². The highest BCUT2D eigenvalue weighted by molar-refractivity contribution is 5.85. The Bertz CT molecular complexity index is 598. The maximum atomic E-state index is 12.0. The molecular formula is C16H22ClN3O2. The average molecular weight is 324 g/mol. The minimum atomic E-state index is -0.295. The maximum absolute atomic E-state index is 12.0. The summed E-state index contributed by atoms with van der Waals surface area (Å²) in [6, 6.07) is 9.23. The van der Waals surface area contributed by atoms with Gasteiger partial charge in [-0.25, -0.2) is 4.98 Å². The molecule has 22 heavy (non-hydrogen) atoms. The predicted molar refractivity (Wildman–Crippen MR) is 88.6 cm³/mol. The lowest BCUT2D eigenvalue weighted by molar-refractivity contribution is -0.125. The molecule has 0 bridgehead atoms. The number of carbonyl (C=O) groups is 1. The lowest BCUT2D eigenvalue weighted by Crippen LogP contribution is -2.39. The summed E-state index contributed by atoms with van der Waals surface area (Å²) in [4.78, 5) is 16.2. The summed E-state index contributed by atoms with van der Waals surface area (Å²) in [6.45, 7) is 5.46. The van der Waals surface area contributed by atoms with E-state index in [4.69, 9.17) is 10.2 Å². The first-order valence-corrected chi connectivity index (χ1v) is 7.06. The minimum absolute atomic E-state index is 0. The first kappa shape index (κ1) is 18.2. The number of aromatic nitrogens is 1. The number of nitrogens with two attached hydrogens (primary N) is 1. The molecule has 0 radical (unpaired) electrons. The van der Waals surface area contributed by atoms with Gasteiger partial charge < -0.3 is 15.5 Å². The van der Waals surface area contributed by atoms with Crippen molar-refractivity contribution in [2.75, 3.05) is 0 Å². The third-order valence-corrected chi connectivity index (χ3v) is 3.51. The molecule has 0 aliphatic carbocycles. The zero-order chi connectivity index (χ0) is 15.4. The van der Waals surface area contributed by atoms with Crippen molar-refractivity contribution in [3.63, 3.8) is 0 Å². The van der Waals surface area contributed by atoms with Crippen LogP contribution in [0.25, 0.3) is 11.3 Å². The van der Waals surface area contributed by atoms with Crippen molar-refractivity contribution in [3.8, 4) is 11.3 Å². The molecule has 0 spiro atoms. The van der Waals surface area contributed by atoms with Crippen molar-refractivity contribution in [1.29, 1.82) is 0 Å². The number of nitrogens with zero attached hydrogens (tertiary/aromatic N) is 1. The van der Waals surface area contributed by atoms with Crippen LogP contribution in [0, 0.1) is 5.92 Å². The fraction of sp³-hybridized carbons (Fsp3) is 0.375.